The number of nitrogens with one attached hydrogen (secondary N) is 1. The van der Waals surface area contributed by atoms with Crippen LogP contribution in [0.2, 0.25) is 0 Å². The number of aryl methyl sites for hydroxylation is 2. The van der Waals surface area contributed by atoms with Gasteiger partial charge in [-0.2, -0.15) is 4.31 Å². The monoisotopic (exact) mass is 420 g/mol. The molecule has 0 radical (unpaired) electrons. The lowest BCUT2D eigenvalue weighted by Gasteiger charge is -2.25. The Kier molecular flexibility index (Phi) is 6.39. The molecule has 0 spiro atoms. The highest BCUT2D eigenvalue weighted by molar-refractivity contribution is 7.89. The van der Waals surface area contributed by atoms with Crippen LogP contribution in [0.4, 0.5) is 5.69 Å². The number of hydrogen-bond acceptors (Lipinski definition) is 6. The van der Waals surface area contributed by atoms with Gasteiger partial charge in [0.15, 0.2) is 6.61 Å². The summed E-state index contributed by atoms with van der Waals surface area (Å²) in [5, 5.41) is 2.58. The number of benzene rings is 1. The third-order valence-corrected chi connectivity index (χ3v) is 6.60. The van der Waals surface area contributed by atoms with E-state index in [4.69, 9.17) is 9.15 Å². The van der Waals surface area contributed by atoms with Crippen molar-refractivity contribution in [3.8, 4) is 0 Å². The van der Waals surface area contributed by atoms with Crippen LogP contribution in [0.5, 0.6) is 0 Å². The van der Waals surface area contributed by atoms with E-state index >= 15 is 0 Å². The number of anilines is 1. The molecule has 9 heteroatoms. The second-order valence-corrected chi connectivity index (χ2v) is 8.88. The average Bonchev–Trinajstić information content (AvgIpc) is 3.05. The third-order valence-electron chi connectivity index (χ3n) is 4.69. The topological polar surface area (TPSA) is 106 Å². The van der Waals surface area contributed by atoms with Crippen molar-refractivity contribution in [2.45, 2.75) is 38.0 Å². The number of esters is 1. The van der Waals surface area contributed by atoms with Gasteiger partial charge in [0.25, 0.3) is 5.91 Å². The third kappa shape index (κ3) is 5.04. The minimum Gasteiger partial charge on any atom is -0.466 e. The second-order valence-electron chi connectivity index (χ2n) is 6.94. The van der Waals surface area contributed by atoms with E-state index in [1.165, 1.54) is 28.6 Å². The Labute approximate surface area is 169 Å². The summed E-state index contributed by atoms with van der Waals surface area (Å²) in [5.41, 5.74) is 0.696. The number of carbonyl (C=O) groups is 2. The summed E-state index contributed by atoms with van der Waals surface area (Å²) in [5.74, 6) is -0.155. The van der Waals surface area contributed by atoms with Crippen LogP contribution in [0.3, 0.4) is 0 Å². The smallest absolute Gasteiger partial charge is 0.342 e. The number of furan rings is 1. The predicted molar refractivity (Wildman–Crippen MR) is 106 cm³/mol. The molecule has 1 aromatic carbocycles. The summed E-state index contributed by atoms with van der Waals surface area (Å²) < 4.78 is 37.0. The van der Waals surface area contributed by atoms with Crippen LogP contribution in [-0.2, 0) is 19.6 Å². The number of hydrogen-bond donors (Lipinski definition) is 1. The predicted octanol–water partition coefficient (Wildman–Crippen LogP) is 2.87. The first-order valence-corrected chi connectivity index (χ1v) is 10.9. The quantitative estimate of drug-likeness (QED) is 0.721. The molecular weight excluding hydrogens is 396 g/mol. The molecule has 1 aliphatic rings. The van der Waals surface area contributed by atoms with E-state index in [0.29, 0.717) is 30.3 Å². The number of nitrogens with zero attached hydrogens (tertiary/aromatic N) is 1. The van der Waals surface area contributed by atoms with Gasteiger partial charge in [-0.05, 0) is 57.0 Å². The Balaban J connectivity index is 1.56. The number of rotatable bonds is 6. The molecule has 2 aromatic rings. The highest BCUT2D eigenvalue weighted by Crippen LogP contribution is 2.22. The molecule has 1 saturated heterocycles. The van der Waals surface area contributed by atoms with Crippen LogP contribution in [-0.4, -0.2) is 44.3 Å². The molecule has 1 aliphatic heterocycles. The van der Waals surface area contributed by atoms with E-state index < -0.39 is 28.5 Å². The van der Waals surface area contributed by atoms with Crippen LogP contribution < -0.4 is 5.32 Å². The molecule has 0 saturated carbocycles. The van der Waals surface area contributed by atoms with Gasteiger partial charge in [-0.3, -0.25) is 4.79 Å². The Morgan fingerprint density at radius 1 is 1.10 bits per heavy atom. The van der Waals surface area contributed by atoms with E-state index in [2.05, 4.69) is 5.32 Å². The second kappa shape index (κ2) is 8.79. The normalized spacial score (nSPS) is 15.1. The van der Waals surface area contributed by atoms with Crippen LogP contribution in [0.15, 0.2) is 39.6 Å². The summed E-state index contributed by atoms with van der Waals surface area (Å²) in [6, 6.07) is 7.50. The molecule has 0 aliphatic carbocycles. The molecule has 156 valence electrons. The summed E-state index contributed by atoms with van der Waals surface area (Å²) in [6.07, 6.45) is 2.77. The van der Waals surface area contributed by atoms with Gasteiger partial charge in [0.1, 0.15) is 17.1 Å². The fourth-order valence-corrected chi connectivity index (χ4v) is 4.72. The van der Waals surface area contributed by atoms with Gasteiger partial charge < -0.3 is 14.5 Å². The van der Waals surface area contributed by atoms with Crippen LogP contribution in [0.1, 0.15) is 41.1 Å². The maximum absolute atomic E-state index is 12.6. The van der Waals surface area contributed by atoms with Gasteiger partial charge in [-0.1, -0.05) is 6.42 Å². The maximum atomic E-state index is 12.6. The number of sulfonamides is 1. The van der Waals surface area contributed by atoms with Crippen LogP contribution >= 0.6 is 0 Å². The Morgan fingerprint density at radius 3 is 2.34 bits per heavy atom. The molecule has 0 bridgehead atoms. The summed E-state index contributed by atoms with van der Waals surface area (Å²) in [4.78, 5) is 24.2. The zero-order valence-corrected chi connectivity index (χ0v) is 17.3. The van der Waals surface area contributed by atoms with Crippen molar-refractivity contribution in [3.63, 3.8) is 0 Å². The molecule has 1 aromatic heterocycles. The first kappa shape index (κ1) is 21.1. The van der Waals surface area contributed by atoms with E-state index in [0.717, 1.165) is 19.3 Å². The molecule has 3 rings (SSSR count). The number of carbonyl (C=O) groups excluding carboxylic acids is 2. The lowest BCUT2D eigenvalue weighted by Crippen LogP contribution is -2.35. The molecule has 0 unspecified atom stereocenters. The van der Waals surface area contributed by atoms with Crippen LogP contribution in [0.25, 0.3) is 0 Å². The van der Waals surface area contributed by atoms with E-state index in [-0.39, 0.29) is 10.5 Å². The fourth-order valence-electron chi connectivity index (χ4n) is 3.20. The highest BCUT2D eigenvalue weighted by Gasteiger charge is 2.25. The Hall–Kier alpha value is -2.65. The summed E-state index contributed by atoms with van der Waals surface area (Å²) >= 11 is 0. The molecular formula is C20H24N2O6S. The van der Waals surface area contributed by atoms with Gasteiger partial charge >= 0.3 is 5.97 Å². The van der Waals surface area contributed by atoms with Crippen molar-refractivity contribution in [2.24, 2.45) is 0 Å². The van der Waals surface area contributed by atoms with Crippen molar-refractivity contribution in [1.82, 2.24) is 4.31 Å². The number of piperidine rings is 1. The minimum absolute atomic E-state index is 0.189. The van der Waals surface area contributed by atoms with E-state index in [9.17, 15) is 18.0 Å². The van der Waals surface area contributed by atoms with Crippen molar-refractivity contribution >= 4 is 27.6 Å². The van der Waals surface area contributed by atoms with E-state index in [1.54, 1.807) is 19.9 Å². The number of amides is 1. The molecule has 1 N–H and O–H groups in total. The minimum atomic E-state index is -3.52. The molecule has 29 heavy (non-hydrogen) atoms. The zero-order chi connectivity index (χ0) is 21.0. The molecule has 1 fully saturated rings. The van der Waals surface area contributed by atoms with Gasteiger partial charge in [0.2, 0.25) is 10.0 Å². The van der Waals surface area contributed by atoms with E-state index in [1.807, 2.05) is 0 Å². The van der Waals surface area contributed by atoms with Crippen molar-refractivity contribution < 1.29 is 27.2 Å². The molecule has 0 atom stereocenters. The van der Waals surface area contributed by atoms with Gasteiger partial charge in [0, 0.05) is 18.8 Å². The molecule has 8 nitrogen and oxygen atoms in total. The molecule has 1 amide bonds. The Morgan fingerprint density at radius 2 is 1.76 bits per heavy atom. The van der Waals surface area contributed by atoms with Crippen molar-refractivity contribution in [1.29, 1.82) is 0 Å². The fraction of sp³-hybridized carbons (Fsp3) is 0.400. The highest BCUT2D eigenvalue weighted by atomic mass is 32.2. The SMILES string of the molecule is Cc1cc(C(=O)OCC(=O)Nc2ccc(S(=O)(=O)N3CCCCC3)cc2)c(C)o1. The summed E-state index contributed by atoms with van der Waals surface area (Å²) in [6.45, 7) is 3.95. The summed E-state index contributed by atoms with van der Waals surface area (Å²) in [7, 11) is -3.52. The van der Waals surface area contributed by atoms with Gasteiger partial charge in [-0.25, -0.2) is 13.2 Å². The zero-order valence-electron chi connectivity index (χ0n) is 16.4. The van der Waals surface area contributed by atoms with Gasteiger partial charge in [0.05, 0.1) is 4.90 Å². The molecule has 2 heterocycles. The maximum Gasteiger partial charge on any atom is 0.342 e. The Bertz CT molecular complexity index is 988. The van der Waals surface area contributed by atoms with Crippen molar-refractivity contribution in [2.75, 3.05) is 25.0 Å². The standard InChI is InChI=1S/C20H24N2O6S/c1-14-12-18(15(2)28-14)20(24)27-13-19(23)21-16-6-8-17(9-7-16)29(25,26)22-10-4-3-5-11-22/h6-9,12H,3-5,10-11,13H2,1-2H3,(H,21,23). The first-order valence-electron chi connectivity index (χ1n) is 9.41. The first-order chi connectivity index (χ1) is 13.8. The lowest BCUT2D eigenvalue weighted by atomic mass is 10.2. The van der Waals surface area contributed by atoms with Crippen LogP contribution in [0, 0.1) is 13.8 Å². The lowest BCUT2D eigenvalue weighted by molar-refractivity contribution is -0.119. The number of ether oxygens (including phenoxy) is 1. The van der Waals surface area contributed by atoms with Crippen molar-refractivity contribution in [3.05, 3.63) is 47.4 Å². The average molecular weight is 420 g/mol. The largest absolute Gasteiger partial charge is 0.466 e. The van der Waals surface area contributed by atoms with Gasteiger partial charge in [-0.15, -0.1) is 0 Å².